The molecular formula is C19H30N4O3. The Morgan fingerprint density at radius 2 is 2.19 bits per heavy atom. The van der Waals surface area contributed by atoms with Crippen LogP contribution in [0.3, 0.4) is 0 Å². The molecule has 7 heteroatoms. The van der Waals surface area contributed by atoms with E-state index in [4.69, 9.17) is 9.47 Å². The second kappa shape index (κ2) is 8.47. The molecule has 0 N–H and O–H groups in total. The van der Waals surface area contributed by atoms with Gasteiger partial charge in [0, 0.05) is 37.0 Å². The maximum absolute atomic E-state index is 12.2. The molecule has 0 bridgehead atoms. The minimum atomic E-state index is -0.473. The lowest BCUT2D eigenvalue weighted by Gasteiger charge is -2.36. The molecule has 1 aliphatic rings. The van der Waals surface area contributed by atoms with Gasteiger partial charge in [-0.1, -0.05) is 6.92 Å². The molecule has 2 heterocycles. The molecule has 2 atom stereocenters. The van der Waals surface area contributed by atoms with Gasteiger partial charge >= 0.3 is 6.09 Å². The van der Waals surface area contributed by atoms with Crippen molar-refractivity contribution < 1.29 is 14.3 Å². The molecule has 1 fully saturated rings. The third kappa shape index (κ3) is 5.68. The minimum absolute atomic E-state index is 0.247. The Bertz CT molecular complexity index is 655. The van der Waals surface area contributed by atoms with Crippen molar-refractivity contribution in [2.45, 2.75) is 53.6 Å². The van der Waals surface area contributed by atoms with Crippen LogP contribution in [0.2, 0.25) is 0 Å². The molecule has 0 radical (unpaired) electrons. The molecule has 2 unspecified atom stereocenters. The van der Waals surface area contributed by atoms with Gasteiger partial charge in [0.1, 0.15) is 5.60 Å². The Hall–Kier alpha value is -2.18. The van der Waals surface area contributed by atoms with Crippen LogP contribution in [-0.4, -0.2) is 52.5 Å². The molecule has 1 aliphatic heterocycles. The number of carbonyl (C=O) groups excluding carboxylic acids is 1. The van der Waals surface area contributed by atoms with Crippen LogP contribution in [0.25, 0.3) is 0 Å². The number of piperidine rings is 1. The van der Waals surface area contributed by atoms with E-state index in [1.165, 1.54) is 0 Å². The monoisotopic (exact) mass is 362 g/mol. The smallest absolute Gasteiger partial charge is 0.410 e. The molecule has 2 rings (SSSR count). The van der Waals surface area contributed by atoms with E-state index >= 15 is 0 Å². The highest BCUT2D eigenvalue weighted by molar-refractivity contribution is 5.69. The average molecular weight is 362 g/mol. The van der Waals surface area contributed by atoms with Gasteiger partial charge in [-0.2, -0.15) is 4.98 Å². The third-order valence-corrected chi connectivity index (χ3v) is 4.20. The molecule has 0 spiro atoms. The Morgan fingerprint density at radius 3 is 2.81 bits per heavy atom. The summed E-state index contributed by atoms with van der Waals surface area (Å²) in [5.74, 6) is 1.54. The van der Waals surface area contributed by atoms with Gasteiger partial charge in [-0.15, -0.1) is 0 Å². The first-order chi connectivity index (χ1) is 12.2. The molecule has 7 nitrogen and oxygen atoms in total. The second-order valence-corrected chi connectivity index (χ2v) is 7.73. The van der Waals surface area contributed by atoms with Crippen molar-refractivity contribution in [3.05, 3.63) is 11.8 Å². The van der Waals surface area contributed by atoms with E-state index in [0.29, 0.717) is 31.5 Å². The van der Waals surface area contributed by atoms with Crippen LogP contribution in [0.5, 0.6) is 5.88 Å². The van der Waals surface area contributed by atoms with E-state index in [1.54, 1.807) is 11.1 Å². The van der Waals surface area contributed by atoms with Gasteiger partial charge in [-0.05, 0) is 47.0 Å². The normalized spacial score (nSPS) is 21.1. The number of hydrogen-bond acceptors (Lipinski definition) is 6. The van der Waals surface area contributed by atoms with Gasteiger partial charge in [0.2, 0.25) is 5.88 Å². The predicted octanol–water partition coefficient (Wildman–Crippen LogP) is 3.78. The van der Waals surface area contributed by atoms with Gasteiger partial charge in [0.05, 0.1) is 6.61 Å². The van der Waals surface area contributed by atoms with Crippen LogP contribution >= 0.6 is 0 Å². The Labute approximate surface area is 155 Å². The van der Waals surface area contributed by atoms with Crippen molar-refractivity contribution in [3.63, 3.8) is 0 Å². The fourth-order valence-corrected chi connectivity index (χ4v) is 2.80. The number of aliphatic imine (C=N–C) groups is 1. The zero-order chi connectivity index (χ0) is 19.3. The van der Waals surface area contributed by atoms with Gasteiger partial charge in [-0.3, -0.25) is 0 Å². The standard InChI is InChI=1S/C19H30N4O3/c1-7-25-16-13(2)10-20-17(22-16)21-11-15-8-9-23(12-14(15)3)18(24)26-19(4,5)6/h10-11,14-15H,7-9,12H2,1-6H3/b21-11+. The summed E-state index contributed by atoms with van der Waals surface area (Å²) in [6.45, 7) is 13.5. The number of aromatic nitrogens is 2. The van der Waals surface area contributed by atoms with Gasteiger partial charge < -0.3 is 14.4 Å². The second-order valence-electron chi connectivity index (χ2n) is 7.73. The minimum Gasteiger partial charge on any atom is -0.478 e. The van der Waals surface area contributed by atoms with Crippen molar-refractivity contribution in [3.8, 4) is 5.88 Å². The number of aryl methyl sites for hydroxylation is 1. The maximum atomic E-state index is 12.2. The van der Waals surface area contributed by atoms with Crippen LogP contribution in [0, 0.1) is 18.8 Å². The Balaban J connectivity index is 1.97. The van der Waals surface area contributed by atoms with Gasteiger partial charge in [0.15, 0.2) is 0 Å². The SMILES string of the molecule is CCOc1nc(/N=C/C2CCN(C(=O)OC(C)(C)C)CC2C)ncc1C. The van der Waals surface area contributed by atoms with Crippen LogP contribution < -0.4 is 4.74 Å². The van der Waals surface area contributed by atoms with Crippen molar-refractivity contribution in [2.75, 3.05) is 19.7 Å². The maximum Gasteiger partial charge on any atom is 0.410 e. The summed E-state index contributed by atoms with van der Waals surface area (Å²) in [5.41, 5.74) is 0.421. The van der Waals surface area contributed by atoms with Gasteiger partial charge in [0.25, 0.3) is 5.95 Å². The first-order valence-electron chi connectivity index (χ1n) is 9.18. The topological polar surface area (TPSA) is 76.9 Å². The molecule has 0 aromatic carbocycles. The first-order valence-corrected chi connectivity index (χ1v) is 9.18. The van der Waals surface area contributed by atoms with Gasteiger partial charge in [-0.25, -0.2) is 14.8 Å². The molecule has 0 saturated carbocycles. The van der Waals surface area contributed by atoms with Crippen LogP contribution in [0.1, 0.15) is 46.6 Å². The van der Waals surface area contributed by atoms with E-state index < -0.39 is 5.60 Å². The highest BCUT2D eigenvalue weighted by Crippen LogP contribution is 2.24. The fourth-order valence-electron chi connectivity index (χ4n) is 2.80. The van der Waals surface area contributed by atoms with Crippen LogP contribution in [-0.2, 0) is 4.74 Å². The van der Waals surface area contributed by atoms with Crippen LogP contribution in [0.15, 0.2) is 11.2 Å². The summed E-state index contributed by atoms with van der Waals surface area (Å²) in [4.78, 5) is 27.0. The highest BCUT2D eigenvalue weighted by Gasteiger charge is 2.30. The molecule has 144 valence electrons. The highest BCUT2D eigenvalue weighted by atomic mass is 16.6. The summed E-state index contributed by atoms with van der Waals surface area (Å²) in [6, 6.07) is 0. The largest absolute Gasteiger partial charge is 0.478 e. The Kier molecular flexibility index (Phi) is 6.56. The van der Waals surface area contributed by atoms with E-state index in [-0.39, 0.29) is 17.9 Å². The summed E-state index contributed by atoms with van der Waals surface area (Å²) < 4.78 is 10.9. The number of hydrogen-bond donors (Lipinski definition) is 0. The molecular weight excluding hydrogens is 332 g/mol. The fraction of sp³-hybridized carbons (Fsp3) is 0.684. The average Bonchev–Trinajstić information content (AvgIpc) is 2.55. The van der Waals surface area contributed by atoms with Crippen molar-refractivity contribution in [1.82, 2.24) is 14.9 Å². The van der Waals surface area contributed by atoms with E-state index in [2.05, 4.69) is 21.9 Å². The third-order valence-electron chi connectivity index (χ3n) is 4.20. The summed E-state index contributed by atoms with van der Waals surface area (Å²) in [6.07, 6.45) is 4.22. The molecule has 1 aromatic rings. The summed E-state index contributed by atoms with van der Waals surface area (Å²) in [5, 5.41) is 0. The van der Waals surface area contributed by atoms with Crippen LogP contribution in [0.4, 0.5) is 10.7 Å². The zero-order valence-corrected chi connectivity index (χ0v) is 16.7. The molecule has 0 aliphatic carbocycles. The van der Waals surface area contributed by atoms with E-state index in [9.17, 15) is 4.79 Å². The number of amides is 1. The number of ether oxygens (including phenoxy) is 2. The lowest BCUT2D eigenvalue weighted by Crippen LogP contribution is -2.45. The summed E-state index contributed by atoms with van der Waals surface area (Å²) >= 11 is 0. The Morgan fingerprint density at radius 1 is 1.46 bits per heavy atom. The number of nitrogens with zero attached hydrogens (tertiary/aromatic N) is 4. The van der Waals surface area contributed by atoms with Crippen molar-refractivity contribution in [1.29, 1.82) is 0 Å². The zero-order valence-electron chi connectivity index (χ0n) is 16.7. The number of likely N-dealkylation sites (tertiary alicyclic amines) is 1. The lowest BCUT2D eigenvalue weighted by atomic mass is 9.88. The lowest BCUT2D eigenvalue weighted by molar-refractivity contribution is 0.0152. The molecule has 1 aromatic heterocycles. The quantitative estimate of drug-likeness (QED) is 0.762. The predicted molar refractivity (Wildman–Crippen MR) is 101 cm³/mol. The molecule has 1 amide bonds. The van der Waals surface area contributed by atoms with Crippen molar-refractivity contribution >= 4 is 18.3 Å². The van der Waals surface area contributed by atoms with Crippen molar-refractivity contribution in [2.24, 2.45) is 16.8 Å². The number of rotatable bonds is 4. The van der Waals surface area contributed by atoms with E-state index in [1.807, 2.05) is 40.8 Å². The number of carbonyl (C=O) groups is 1. The first kappa shape index (κ1) is 20.1. The molecule has 1 saturated heterocycles. The summed E-state index contributed by atoms with van der Waals surface area (Å²) in [7, 11) is 0. The molecule has 26 heavy (non-hydrogen) atoms. The van der Waals surface area contributed by atoms with E-state index in [0.717, 1.165) is 12.0 Å².